The van der Waals surface area contributed by atoms with Crippen molar-refractivity contribution in [3.05, 3.63) is 47.5 Å². The lowest BCUT2D eigenvalue weighted by Crippen LogP contribution is -2.37. The van der Waals surface area contributed by atoms with Gasteiger partial charge in [0.05, 0.1) is 5.60 Å². The average Bonchev–Trinajstić information content (AvgIpc) is 2.47. The van der Waals surface area contributed by atoms with E-state index in [1.165, 1.54) is 0 Å². The van der Waals surface area contributed by atoms with Crippen LogP contribution in [0.5, 0.6) is 0 Å². The Hall–Kier alpha value is -1.61. The number of carbonyl (C=O) groups is 1. The second-order valence-corrected chi connectivity index (χ2v) is 6.73. The average molecular weight is 302 g/mol. The molecule has 3 nitrogen and oxygen atoms in total. The van der Waals surface area contributed by atoms with E-state index in [0.29, 0.717) is 19.3 Å². The molecule has 2 atom stereocenters. The number of allylic oxidation sites excluding steroid dienone is 1. The summed E-state index contributed by atoms with van der Waals surface area (Å²) in [4.78, 5) is 12.1. The summed E-state index contributed by atoms with van der Waals surface area (Å²) in [5.74, 6) is -0.0406. The van der Waals surface area contributed by atoms with Gasteiger partial charge in [0.1, 0.15) is 6.10 Å². The molecule has 0 saturated heterocycles. The molecule has 0 saturated carbocycles. The molecule has 0 spiro atoms. The molecule has 1 N–H and O–H groups in total. The van der Waals surface area contributed by atoms with E-state index in [9.17, 15) is 9.90 Å². The van der Waals surface area contributed by atoms with Crippen LogP contribution >= 0.6 is 0 Å². The molecule has 0 bridgehead atoms. The Morgan fingerprint density at radius 2 is 2.00 bits per heavy atom. The van der Waals surface area contributed by atoms with Crippen LogP contribution in [0.15, 0.2) is 42.0 Å². The van der Waals surface area contributed by atoms with Gasteiger partial charge >= 0.3 is 5.97 Å². The lowest BCUT2D eigenvalue weighted by molar-refractivity contribution is -0.149. The molecule has 0 amide bonds. The quantitative estimate of drug-likeness (QED) is 0.667. The Bertz CT molecular complexity index is 525. The van der Waals surface area contributed by atoms with E-state index in [2.05, 4.69) is 6.08 Å². The Kier molecular flexibility index (Phi) is 5.41. The number of esters is 1. The van der Waals surface area contributed by atoms with Crippen LogP contribution in [0.3, 0.4) is 0 Å². The van der Waals surface area contributed by atoms with Gasteiger partial charge in [-0.2, -0.15) is 0 Å². The van der Waals surface area contributed by atoms with Crippen molar-refractivity contribution in [2.24, 2.45) is 5.92 Å². The van der Waals surface area contributed by atoms with E-state index in [1.54, 1.807) is 0 Å². The highest BCUT2D eigenvalue weighted by molar-refractivity contribution is 5.70. The number of hydrogen-bond donors (Lipinski definition) is 1. The maximum atomic E-state index is 12.1. The second kappa shape index (κ2) is 7.10. The molecule has 0 aliphatic heterocycles. The second-order valence-electron chi connectivity index (χ2n) is 6.73. The van der Waals surface area contributed by atoms with Gasteiger partial charge in [0.2, 0.25) is 0 Å². The van der Waals surface area contributed by atoms with Crippen LogP contribution in [-0.4, -0.2) is 22.8 Å². The Morgan fingerprint density at radius 1 is 1.32 bits per heavy atom. The summed E-state index contributed by atoms with van der Waals surface area (Å²) in [6, 6.07) is 9.95. The molecule has 1 aliphatic rings. The molecule has 0 heterocycles. The Balaban J connectivity index is 1.87. The zero-order valence-corrected chi connectivity index (χ0v) is 13.7. The number of ether oxygens (including phenoxy) is 1. The summed E-state index contributed by atoms with van der Waals surface area (Å²) in [5.41, 5.74) is 1.49. The molecule has 22 heavy (non-hydrogen) atoms. The highest BCUT2D eigenvalue weighted by Crippen LogP contribution is 2.33. The number of aliphatic hydroxyl groups is 1. The standard InChI is InChI=1S/C19H26O3/c1-14-9-11-16(19(2,3)21)13-17(14)22-18(20)12-10-15-7-5-4-6-8-15/h4-9,16-17,21H,10-13H2,1-3H3/t16-,17+/m1/s1. The third-order valence-corrected chi connectivity index (χ3v) is 4.46. The number of rotatable bonds is 5. The molecular weight excluding hydrogens is 276 g/mol. The van der Waals surface area contributed by atoms with Crippen LogP contribution in [0.2, 0.25) is 0 Å². The van der Waals surface area contributed by atoms with Crippen molar-refractivity contribution in [1.82, 2.24) is 0 Å². The molecule has 3 heteroatoms. The van der Waals surface area contributed by atoms with Crippen LogP contribution in [0.1, 0.15) is 45.6 Å². The van der Waals surface area contributed by atoms with Crippen molar-refractivity contribution in [3.63, 3.8) is 0 Å². The van der Waals surface area contributed by atoms with Gasteiger partial charge in [0.15, 0.2) is 0 Å². The third-order valence-electron chi connectivity index (χ3n) is 4.46. The summed E-state index contributed by atoms with van der Waals surface area (Å²) >= 11 is 0. The van der Waals surface area contributed by atoms with Gasteiger partial charge in [-0.05, 0) is 57.1 Å². The first-order valence-corrected chi connectivity index (χ1v) is 7.98. The molecule has 2 rings (SSSR count). The molecule has 1 aliphatic carbocycles. The molecule has 1 aromatic rings. The highest BCUT2D eigenvalue weighted by Gasteiger charge is 2.33. The molecule has 1 aromatic carbocycles. The molecule has 0 aromatic heterocycles. The van der Waals surface area contributed by atoms with Crippen molar-refractivity contribution in [3.8, 4) is 0 Å². The Morgan fingerprint density at radius 3 is 2.64 bits per heavy atom. The molecule has 120 valence electrons. The number of hydrogen-bond acceptors (Lipinski definition) is 3. The van der Waals surface area contributed by atoms with Gasteiger partial charge in [0.25, 0.3) is 0 Å². The topological polar surface area (TPSA) is 46.5 Å². The van der Waals surface area contributed by atoms with Crippen molar-refractivity contribution in [1.29, 1.82) is 0 Å². The van der Waals surface area contributed by atoms with Crippen molar-refractivity contribution >= 4 is 5.97 Å². The smallest absolute Gasteiger partial charge is 0.306 e. The van der Waals surface area contributed by atoms with Crippen LogP contribution in [0, 0.1) is 5.92 Å². The van der Waals surface area contributed by atoms with Crippen LogP contribution in [0.25, 0.3) is 0 Å². The fourth-order valence-corrected chi connectivity index (χ4v) is 2.83. The predicted molar refractivity (Wildman–Crippen MR) is 87.4 cm³/mol. The summed E-state index contributed by atoms with van der Waals surface area (Å²) < 4.78 is 5.63. The normalized spacial score (nSPS) is 22.1. The minimum Gasteiger partial charge on any atom is -0.458 e. The van der Waals surface area contributed by atoms with E-state index in [4.69, 9.17) is 4.74 Å². The molecular formula is C19H26O3. The van der Waals surface area contributed by atoms with E-state index in [1.807, 2.05) is 51.1 Å². The monoisotopic (exact) mass is 302 g/mol. The lowest BCUT2D eigenvalue weighted by atomic mass is 9.78. The summed E-state index contributed by atoms with van der Waals surface area (Å²) in [6.45, 7) is 5.64. The summed E-state index contributed by atoms with van der Waals surface area (Å²) in [5, 5.41) is 10.2. The highest BCUT2D eigenvalue weighted by atomic mass is 16.5. The van der Waals surface area contributed by atoms with E-state index < -0.39 is 5.60 Å². The van der Waals surface area contributed by atoms with Crippen LogP contribution in [0.4, 0.5) is 0 Å². The fourth-order valence-electron chi connectivity index (χ4n) is 2.83. The van der Waals surface area contributed by atoms with E-state index in [0.717, 1.165) is 17.6 Å². The minimum atomic E-state index is -0.744. The third kappa shape index (κ3) is 4.70. The number of aryl methyl sites for hydroxylation is 1. The fraction of sp³-hybridized carbons (Fsp3) is 0.526. The summed E-state index contributed by atoms with van der Waals surface area (Å²) in [7, 11) is 0. The Labute approximate surface area is 133 Å². The van der Waals surface area contributed by atoms with Crippen molar-refractivity contribution in [2.45, 2.75) is 58.2 Å². The van der Waals surface area contributed by atoms with Crippen LogP contribution in [-0.2, 0) is 16.0 Å². The first kappa shape index (κ1) is 16.8. The lowest BCUT2D eigenvalue weighted by Gasteiger charge is -2.35. The SMILES string of the molecule is CC1=CC[C@@H](C(C)(C)O)C[C@@H]1OC(=O)CCc1ccccc1. The molecule has 0 unspecified atom stereocenters. The van der Waals surface area contributed by atoms with Crippen molar-refractivity contribution in [2.75, 3.05) is 0 Å². The van der Waals surface area contributed by atoms with Gasteiger partial charge in [-0.1, -0.05) is 36.4 Å². The van der Waals surface area contributed by atoms with E-state index in [-0.39, 0.29) is 18.0 Å². The van der Waals surface area contributed by atoms with Gasteiger partial charge in [-0.15, -0.1) is 0 Å². The molecule has 0 radical (unpaired) electrons. The zero-order chi connectivity index (χ0) is 16.2. The van der Waals surface area contributed by atoms with Gasteiger partial charge < -0.3 is 9.84 Å². The first-order valence-electron chi connectivity index (χ1n) is 7.98. The van der Waals surface area contributed by atoms with Gasteiger partial charge in [0, 0.05) is 6.42 Å². The van der Waals surface area contributed by atoms with Gasteiger partial charge in [-0.25, -0.2) is 0 Å². The maximum Gasteiger partial charge on any atom is 0.306 e. The van der Waals surface area contributed by atoms with Crippen molar-refractivity contribution < 1.29 is 14.6 Å². The number of benzene rings is 1. The first-order chi connectivity index (χ1) is 10.4. The number of carbonyl (C=O) groups excluding carboxylic acids is 1. The predicted octanol–water partition coefficient (Wildman–Crippen LogP) is 3.66. The zero-order valence-electron chi connectivity index (χ0n) is 13.7. The largest absolute Gasteiger partial charge is 0.458 e. The van der Waals surface area contributed by atoms with Crippen LogP contribution < -0.4 is 0 Å². The summed E-state index contributed by atoms with van der Waals surface area (Å²) in [6.07, 6.45) is 4.51. The van der Waals surface area contributed by atoms with Gasteiger partial charge in [-0.3, -0.25) is 4.79 Å². The maximum absolute atomic E-state index is 12.1. The van der Waals surface area contributed by atoms with E-state index >= 15 is 0 Å². The minimum absolute atomic E-state index is 0.128. The molecule has 0 fully saturated rings.